The molecule has 1 unspecified atom stereocenters. The van der Waals surface area contributed by atoms with Crippen molar-refractivity contribution in [3.8, 4) is 0 Å². The number of benzene rings is 1. The van der Waals surface area contributed by atoms with Crippen LogP contribution in [0.25, 0.3) is 0 Å². The van der Waals surface area contributed by atoms with Gasteiger partial charge in [-0.1, -0.05) is 36.4 Å². The summed E-state index contributed by atoms with van der Waals surface area (Å²) in [6.45, 7) is 1.16. The number of sulfonamides is 1. The number of hydrogen-bond acceptors (Lipinski definition) is 2. The molecule has 1 aromatic rings. The fraction of sp³-hybridized carbons (Fsp3) is 0.333. The van der Waals surface area contributed by atoms with Crippen molar-refractivity contribution < 1.29 is 21.6 Å². The molecule has 1 aliphatic rings. The van der Waals surface area contributed by atoms with Gasteiger partial charge in [0.1, 0.15) is 0 Å². The standard InChI is InChI=1S/C12H12F3NO2S/c1-9-7-11(10-5-3-2-4-6-10)8-16(9)19(17,18)12(13,14)15/h2-7,11H,8H2,1H3. The summed E-state index contributed by atoms with van der Waals surface area (Å²) in [7, 11) is -5.30. The first-order valence-electron chi connectivity index (χ1n) is 5.56. The Morgan fingerprint density at radius 2 is 1.79 bits per heavy atom. The average Bonchev–Trinajstić information content (AvgIpc) is 2.71. The van der Waals surface area contributed by atoms with E-state index in [2.05, 4.69) is 0 Å². The summed E-state index contributed by atoms with van der Waals surface area (Å²) in [4.78, 5) is 0. The Labute approximate surface area is 109 Å². The molecule has 0 aromatic heterocycles. The summed E-state index contributed by atoms with van der Waals surface area (Å²) in [5.41, 5.74) is -4.37. The molecule has 0 saturated carbocycles. The van der Waals surface area contributed by atoms with Crippen LogP contribution in [0.4, 0.5) is 13.2 Å². The Morgan fingerprint density at radius 1 is 1.21 bits per heavy atom. The first-order valence-corrected chi connectivity index (χ1v) is 7.00. The Hall–Kier alpha value is -1.50. The monoisotopic (exact) mass is 291 g/mol. The molecule has 0 radical (unpaired) electrons. The van der Waals surface area contributed by atoms with Crippen LogP contribution in [0.2, 0.25) is 0 Å². The highest BCUT2D eigenvalue weighted by molar-refractivity contribution is 7.90. The van der Waals surface area contributed by atoms with Crippen LogP contribution in [-0.2, 0) is 10.0 Å². The highest BCUT2D eigenvalue weighted by atomic mass is 32.2. The summed E-state index contributed by atoms with van der Waals surface area (Å²) in [5, 5.41) is 0. The van der Waals surface area contributed by atoms with Crippen LogP contribution in [0, 0.1) is 0 Å². The molecule has 0 aliphatic carbocycles. The van der Waals surface area contributed by atoms with Crippen molar-refractivity contribution >= 4 is 10.0 Å². The highest BCUT2D eigenvalue weighted by Crippen LogP contribution is 2.36. The topological polar surface area (TPSA) is 37.4 Å². The maximum atomic E-state index is 12.5. The second-order valence-electron chi connectivity index (χ2n) is 4.31. The molecule has 2 rings (SSSR count). The predicted octanol–water partition coefficient (Wildman–Crippen LogP) is 2.84. The molecule has 1 atom stereocenters. The first-order chi connectivity index (χ1) is 8.73. The first kappa shape index (κ1) is 13.9. The average molecular weight is 291 g/mol. The van der Waals surface area contributed by atoms with E-state index < -0.39 is 15.5 Å². The summed E-state index contributed by atoms with van der Waals surface area (Å²) >= 11 is 0. The minimum atomic E-state index is -5.30. The zero-order valence-corrected chi connectivity index (χ0v) is 10.9. The van der Waals surface area contributed by atoms with Crippen molar-refractivity contribution in [2.75, 3.05) is 6.54 Å². The van der Waals surface area contributed by atoms with Crippen LogP contribution in [0.1, 0.15) is 18.4 Å². The van der Waals surface area contributed by atoms with Gasteiger partial charge in [-0.25, -0.2) is 0 Å². The van der Waals surface area contributed by atoms with E-state index in [1.807, 2.05) is 0 Å². The molecule has 3 nitrogen and oxygen atoms in total. The maximum absolute atomic E-state index is 12.5. The van der Waals surface area contributed by atoms with E-state index in [1.54, 1.807) is 36.4 Å². The van der Waals surface area contributed by atoms with Crippen LogP contribution >= 0.6 is 0 Å². The Bertz CT molecular complexity index is 593. The lowest BCUT2D eigenvalue weighted by atomic mass is 10.0. The van der Waals surface area contributed by atoms with Gasteiger partial charge >= 0.3 is 15.5 Å². The van der Waals surface area contributed by atoms with Gasteiger partial charge in [-0.2, -0.15) is 21.6 Å². The van der Waals surface area contributed by atoms with Crippen molar-refractivity contribution in [2.24, 2.45) is 0 Å². The predicted molar refractivity (Wildman–Crippen MR) is 64.6 cm³/mol. The van der Waals surface area contributed by atoms with Gasteiger partial charge in [0.15, 0.2) is 0 Å². The van der Waals surface area contributed by atoms with E-state index in [0.29, 0.717) is 4.31 Å². The number of rotatable bonds is 2. The molecular weight excluding hydrogens is 279 g/mol. The molecule has 0 bridgehead atoms. The molecule has 1 aromatic carbocycles. The number of nitrogens with zero attached hydrogens (tertiary/aromatic N) is 1. The summed E-state index contributed by atoms with van der Waals surface area (Å²) in [6, 6.07) is 8.84. The number of hydrogen-bond donors (Lipinski definition) is 0. The third-order valence-corrected chi connectivity index (χ3v) is 4.61. The van der Waals surface area contributed by atoms with E-state index in [4.69, 9.17) is 0 Å². The zero-order valence-electron chi connectivity index (χ0n) is 10.1. The molecule has 1 heterocycles. The molecule has 0 N–H and O–H groups in total. The van der Waals surface area contributed by atoms with Crippen LogP contribution in [0.3, 0.4) is 0 Å². The number of allylic oxidation sites excluding steroid dienone is 1. The minimum Gasteiger partial charge on any atom is -0.266 e. The number of halogens is 3. The van der Waals surface area contributed by atoms with E-state index >= 15 is 0 Å². The lowest BCUT2D eigenvalue weighted by Gasteiger charge is -2.22. The largest absolute Gasteiger partial charge is 0.516 e. The second kappa shape index (κ2) is 4.56. The molecule has 0 spiro atoms. The summed E-state index contributed by atoms with van der Waals surface area (Å²) < 4.78 is 60.8. The van der Waals surface area contributed by atoms with Gasteiger partial charge in [0, 0.05) is 18.2 Å². The van der Waals surface area contributed by atoms with Crippen LogP contribution in [0.15, 0.2) is 42.1 Å². The van der Waals surface area contributed by atoms with Crippen molar-refractivity contribution in [3.63, 3.8) is 0 Å². The fourth-order valence-corrected chi connectivity index (χ4v) is 3.11. The minimum absolute atomic E-state index is 0.103. The fourth-order valence-electron chi connectivity index (χ4n) is 2.06. The van der Waals surface area contributed by atoms with Gasteiger partial charge in [-0.15, -0.1) is 0 Å². The zero-order chi connectivity index (χ0) is 14.3. The van der Waals surface area contributed by atoms with Crippen molar-refractivity contribution in [1.29, 1.82) is 0 Å². The van der Waals surface area contributed by atoms with Crippen LogP contribution in [-0.4, -0.2) is 24.8 Å². The summed E-state index contributed by atoms with van der Waals surface area (Å²) in [5.74, 6) is -0.349. The molecule has 0 fully saturated rings. The van der Waals surface area contributed by atoms with E-state index in [-0.39, 0.29) is 18.2 Å². The quantitative estimate of drug-likeness (QED) is 0.840. The Balaban J connectivity index is 2.29. The van der Waals surface area contributed by atoms with Crippen molar-refractivity contribution in [1.82, 2.24) is 4.31 Å². The third-order valence-electron chi connectivity index (χ3n) is 3.01. The molecular formula is C12H12F3NO2S. The Kier molecular flexibility index (Phi) is 3.34. The smallest absolute Gasteiger partial charge is 0.266 e. The summed E-state index contributed by atoms with van der Waals surface area (Å²) in [6.07, 6.45) is 1.54. The van der Waals surface area contributed by atoms with Gasteiger partial charge in [0.25, 0.3) is 0 Å². The lowest BCUT2D eigenvalue weighted by molar-refractivity contribution is -0.0478. The molecule has 19 heavy (non-hydrogen) atoms. The molecule has 0 amide bonds. The van der Waals surface area contributed by atoms with Gasteiger partial charge < -0.3 is 0 Å². The highest BCUT2D eigenvalue weighted by Gasteiger charge is 2.51. The van der Waals surface area contributed by atoms with Crippen molar-refractivity contribution in [2.45, 2.75) is 18.3 Å². The van der Waals surface area contributed by atoms with E-state index in [1.165, 1.54) is 6.92 Å². The molecule has 104 valence electrons. The number of alkyl halides is 3. The Morgan fingerprint density at radius 3 is 2.32 bits per heavy atom. The van der Waals surface area contributed by atoms with Crippen LogP contribution < -0.4 is 0 Å². The molecule has 0 saturated heterocycles. The SMILES string of the molecule is CC1=CC(c2ccccc2)CN1S(=O)(=O)C(F)(F)F. The van der Waals surface area contributed by atoms with Gasteiger partial charge in [0.05, 0.1) is 0 Å². The maximum Gasteiger partial charge on any atom is 0.516 e. The molecule has 1 aliphatic heterocycles. The van der Waals surface area contributed by atoms with Crippen LogP contribution in [0.5, 0.6) is 0 Å². The van der Waals surface area contributed by atoms with Crippen molar-refractivity contribution in [3.05, 3.63) is 47.7 Å². The second-order valence-corrected chi connectivity index (χ2v) is 6.16. The van der Waals surface area contributed by atoms with E-state index in [0.717, 1.165) is 5.56 Å². The van der Waals surface area contributed by atoms with E-state index in [9.17, 15) is 21.6 Å². The van der Waals surface area contributed by atoms with Gasteiger partial charge in [0.2, 0.25) is 0 Å². The van der Waals surface area contributed by atoms with Gasteiger partial charge in [-0.05, 0) is 12.5 Å². The van der Waals surface area contributed by atoms with Gasteiger partial charge in [-0.3, -0.25) is 4.31 Å². The lowest BCUT2D eigenvalue weighted by Crippen LogP contribution is -2.38. The third kappa shape index (κ3) is 2.47. The molecule has 7 heteroatoms. The normalized spacial score (nSPS) is 20.5.